The van der Waals surface area contributed by atoms with Crippen LogP contribution in [0.25, 0.3) is 0 Å². The minimum atomic E-state index is -0.0964. The number of carbonyl (C=O) groups is 1. The molecule has 0 bridgehead atoms. The number of nitrogens with one attached hydrogen (secondary N) is 1. The van der Waals surface area contributed by atoms with E-state index >= 15 is 0 Å². The number of hydrogen-bond donors (Lipinski definition) is 1. The predicted molar refractivity (Wildman–Crippen MR) is 104 cm³/mol. The molecule has 1 aliphatic rings. The van der Waals surface area contributed by atoms with Crippen molar-refractivity contribution in [2.24, 2.45) is 0 Å². The molecule has 25 heavy (non-hydrogen) atoms. The fraction of sp³-hybridized carbons (Fsp3) is 0.348. The Labute approximate surface area is 151 Å². The average Bonchev–Trinajstić information content (AvgIpc) is 2.55. The number of benzene rings is 2. The molecule has 130 valence electrons. The average molecular weight is 333 g/mol. The zero-order valence-electron chi connectivity index (χ0n) is 15.6. The summed E-state index contributed by atoms with van der Waals surface area (Å²) in [5.41, 5.74) is 9.26. The van der Waals surface area contributed by atoms with Crippen LogP contribution in [0.15, 0.2) is 43.0 Å². The monoisotopic (exact) mass is 333 g/mol. The van der Waals surface area contributed by atoms with Crippen molar-refractivity contribution in [2.45, 2.75) is 52.5 Å². The summed E-state index contributed by atoms with van der Waals surface area (Å²) >= 11 is 0. The molecule has 0 heterocycles. The second-order valence-corrected chi connectivity index (χ2v) is 7.34. The summed E-state index contributed by atoms with van der Waals surface area (Å²) in [6, 6.07) is 11.3. The van der Waals surface area contributed by atoms with Crippen molar-refractivity contribution in [3.8, 4) is 0 Å². The van der Waals surface area contributed by atoms with Crippen molar-refractivity contribution in [3.63, 3.8) is 0 Å². The van der Waals surface area contributed by atoms with E-state index in [-0.39, 0.29) is 11.9 Å². The highest BCUT2D eigenvalue weighted by molar-refractivity contribution is 5.87. The summed E-state index contributed by atoms with van der Waals surface area (Å²) in [6.45, 7) is 12.2. The SMILES string of the molecule is C=CC(=O)N[C@@H]1CC[C@H](c2ccc(C)cc2C)c2cc(C)cc(C)c21. The van der Waals surface area contributed by atoms with Crippen molar-refractivity contribution in [3.05, 3.63) is 81.9 Å². The van der Waals surface area contributed by atoms with Crippen molar-refractivity contribution < 1.29 is 4.79 Å². The molecule has 2 nitrogen and oxygen atoms in total. The first kappa shape index (κ1) is 17.5. The smallest absolute Gasteiger partial charge is 0.243 e. The quantitative estimate of drug-likeness (QED) is 0.770. The maximum Gasteiger partial charge on any atom is 0.243 e. The number of rotatable bonds is 3. The fourth-order valence-corrected chi connectivity index (χ4v) is 4.32. The van der Waals surface area contributed by atoms with Gasteiger partial charge in [0.05, 0.1) is 6.04 Å². The van der Waals surface area contributed by atoms with E-state index in [0.29, 0.717) is 5.92 Å². The van der Waals surface area contributed by atoms with Crippen molar-refractivity contribution in [1.82, 2.24) is 5.32 Å². The van der Waals surface area contributed by atoms with Gasteiger partial charge in [-0.05, 0) is 74.4 Å². The van der Waals surface area contributed by atoms with Gasteiger partial charge in [-0.15, -0.1) is 0 Å². The van der Waals surface area contributed by atoms with Crippen LogP contribution in [-0.4, -0.2) is 5.91 Å². The third kappa shape index (κ3) is 3.39. The third-order valence-electron chi connectivity index (χ3n) is 5.33. The first-order chi connectivity index (χ1) is 11.9. The van der Waals surface area contributed by atoms with Crippen LogP contribution in [-0.2, 0) is 4.79 Å². The topological polar surface area (TPSA) is 29.1 Å². The number of amides is 1. The summed E-state index contributed by atoms with van der Waals surface area (Å²) in [7, 11) is 0. The Morgan fingerprint density at radius 3 is 2.40 bits per heavy atom. The Morgan fingerprint density at radius 1 is 1.00 bits per heavy atom. The first-order valence-corrected chi connectivity index (χ1v) is 9.01. The highest BCUT2D eigenvalue weighted by atomic mass is 16.1. The highest BCUT2D eigenvalue weighted by Gasteiger charge is 2.31. The molecule has 2 heteroatoms. The molecule has 0 spiro atoms. The molecule has 1 aliphatic carbocycles. The summed E-state index contributed by atoms with van der Waals surface area (Å²) in [4.78, 5) is 11.9. The number of aryl methyl sites for hydroxylation is 4. The molecule has 1 amide bonds. The standard InChI is InChI=1S/C23H27NO/c1-6-22(25)24-21-10-9-19(18-8-7-14(2)11-16(18)4)20-13-15(3)12-17(5)23(20)21/h6-8,11-13,19,21H,1,9-10H2,2-5H3,(H,24,25)/t19-,21-/m1/s1. The van der Waals surface area contributed by atoms with Crippen molar-refractivity contribution in [2.75, 3.05) is 0 Å². The molecule has 0 saturated carbocycles. The second kappa shape index (κ2) is 6.87. The summed E-state index contributed by atoms with van der Waals surface area (Å²) in [6.07, 6.45) is 3.36. The molecule has 2 aromatic carbocycles. The van der Waals surface area contributed by atoms with Gasteiger partial charge in [0.15, 0.2) is 0 Å². The third-order valence-corrected chi connectivity index (χ3v) is 5.33. The summed E-state index contributed by atoms with van der Waals surface area (Å²) < 4.78 is 0. The van der Waals surface area contributed by atoms with E-state index in [4.69, 9.17) is 0 Å². The van der Waals surface area contributed by atoms with Gasteiger partial charge in [0, 0.05) is 5.92 Å². The zero-order valence-corrected chi connectivity index (χ0v) is 15.6. The molecular weight excluding hydrogens is 306 g/mol. The van der Waals surface area contributed by atoms with Crippen LogP contribution in [0.3, 0.4) is 0 Å². The Hall–Kier alpha value is -2.35. The normalized spacial score (nSPS) is 19.2. The molecule has 0 unspecified atom stereocenters. The van der Waals surface area contributed by atoms with E-state index in [2.05, 4.69) is 69.9 Å². The molecule has 2 atom stereocenters. The Balaban J connectivity index is 2.11. The lowest BCUT2D eigenvalue weighted by Crippen LogP contribution is -2.31. The highest BCUT2D eigenvalue weighted by Crippen LogP contribution is 2.44. The molecule has 2 aromatic rings. The van der Waals surface area contributed by atoms with Crippen LogP contribution in [0.5, 0.6) is 0 Å². The maximum absolute atomic E-state index is 11.9. The Kier molecular flexibility index (Phi) is 4.80. The van der Waals surface area contributed by atoms with Crippen molar-refractivity contribution >= 4 is 5.91 Å². The molecule has 3 rings (SSSR count). The summed E-state index contributed by atoms with van der Waals surface area (Å²) in [5, 5.41) is 3.12. The van der Waals surface area contributed by atoms with E-state index < -0.39 is 0 Å². The minimum absolute atomic E-state index is 0.0723. The van der Waals surface area contributed by atoms with Crippen LogP contribution in [0.2, 0.25) is 0 Å². The molecule has 0 aromatic heterocycles. The molecular formula is C23H27NO. The number of carbonyl (C=O) groups excluding carboxylic acids is 1. The Bertz CT molecular complexity index is 834. The van der Waals surface area contributed by atoms with E-state index in [1.165, 1.54) is 45.0 Å². The van der Waals surface area contributed by atoms with Crippen molar-refractivity contribution in [1.29, 1.82) is 0 Å². The fourth-order valence-electron chi connectivity index (χ4n) is 4.32. The molecule has 0 fully saturated rings. The van der Waals surface area contributed by atoms with Gasteiger partial charge in [-0.1, -0.05) is 48.0 Å². The molecule has 0 aliphatic heterocycles. The van der Waals surface area contributed by atoms with Crippen LogP contribution in [0.1, 0.15) is 63.7 Å². The van der Waals surface area contributed by atoms with Gasteiger partial charge < -0.3 is 5.32 Å². The zero-order chi connectivity index (χ0) is 18.1. The van der Waals surface area contributed by atoms with Gasteiger partial charge >= 0.3 is 0 Å². The lowest BCUT2D eigenvalue weighted by atomic mass is 9.73. The molecule has 0 radical (unpaired) electrons. The van der Waals surface area contributed by atoms with Crippen LogP contribution >= 0.6 is 0 Å². The Morgan fingerprint density at radius 2 is 1.72 bits per heavy atom. The van der Waals surface area contributed by atoms with Gasteiger partial charge in [0.1, 0.15) is 0 Å². The van der Waals surface area contributed by atoms with E-state index in [0.717, 1.165) is 12.8 Å². The predicted octanol–water partition coefficient (Wildman–Crippen LogP) is 5.19. The van der Waals surface area contributed by atoms with Gasteiger partial charge in [-0.2, -0.15) is 0 Å². The van der Waals surface area contributed by atoms with Crippen LogP contribution in [0.4, 0.5) is 0 Å². The molecule has 1 N–H and O–H groups in total. The van der Waals surface area contributed by atoms with Gasteiger partial charge in [-0.25, -0.2) is 0 Å². The van der Waals surface area contributed by atoms with E-state index in [1.807, 2.05) is 0 Å². The summed E-state index contributed by atoms with van der Waals surface area (Å²) in [5.74, 6) is 0.298. The maximum atomic E-state index is 11.9. The lowest BCUT2D eigenvalue weighted by molar-refractivity contribution is -0.117. The first-order valence-electron chi connectivity index (χ1n) is 9.01. The second-order valence-electron chi connectivity index (χ2n) is 7.34. The van der Waals surface area contributed by atoms with Crippen LogP contribution < -0.4 is 5.32 Å². The largest absolute Gasteiger partial charge is 0.346 e. The van der Waals surface area contributed by atoms with E-state index in [9.17, 15) is 4.79 Å². The minimum Gasteiger partial charge on any atom is -0.346 e. The van der Waals surface area contributed by atoms with E-state index in [1.54, 1.807) is 0 Å². The van der Waals surface area contributed by atoms with Gasteiger partial charge in [-0.3, -0.25) is 4.79 Å². The number of hydrogen-bond acceptors (Lipinski definition) is 1. The van der Waals surface area contributed by atoms with Gasteiger partial charge in [0.2, 0.25) is 5.91 Å². The number of fused-ring (bicyclic) bond motifs is 1. The lowest BCUT2D eigenvalue weighted by Gasteiger charge is -2.34. The molecule has 0 saturated heterocycles. The van der Waals surface area contributed by atoms with Gasteiger partial charge in [0.25, 0.3) is 0 Å². The van der Waals surface area contributed by atoms with Crippen LogP contribution in [0, 0.1) is 27.7 Å².